The van der Waals surface area contributed by atoms with Crippen LogP contribution in [0, 0.1) is 13.8 Å². The predicted octanol–water partition coefficient (Wildman–Crippen LogP) is 4.38. The van der Waals surface area contributed by atoms with Gasteiger partial charge in [0.15, 0.2) is 9.84 Å². The third-order valence-electron chi connectivity index (χ3n) is 4.43. The van der Waals surface area contributed by atoms with Gasteiger partial charge >= 0.3 is 0 Å². The second-order valence-corrected chi connectivity index (χ2v) is 9.00. The number of hydrogen-bond acceptors (Lipinski definition) is 3. The highest BCUT2D eigenvalue weighted by molar-refractivity contribution is 9.10. The first-order valence-electron chi connectivity index (χ1n) is 7.84. The Morgan fingerprint density at radius 2 is 1.88 bits per heavy atom. The predicted molar refractivity (Wildman–Crippen MR) is 103 cm³/mol. The zero-order valence-electron chi connectivity index (χ0n) is 13.7. The molecule has 0 saturated heterocycles. The standard InChI is InChI=1S/C19H20BrNO2S/c1-14-7-8-17(11-15(14)2)21(18-9-10-24(22,23)13-18)12-16-5-3-4-6-19(16)20/h3-11,18H,12-13H2,1-2H3/t18-/m0/s1. The van der Waals surface area contributed by atoms with Gasteiger partial charge in [0.2, 0.25) is 0 Å². The number of benzene rings is 2. The summed E-state index contributed by atoms with van der Waals surface area (Å²) in [4.78, 5) is 2.16. The lowest BCUT2D eigenvalue weighted by atomic mass is 10.1. The molecule has 1 heterocycles. The molecule has 1 atom stereocenters. The molecule has 2 aromatic rings. The number of sulfone groups is 1. The second kappa shape index (κ2) is 6.73. The molecule has 1 aliphatic rings. The second-order valence-electron chi connectivity index (χ2n) is 6.21. The molecule has 2 aromatic carbocycles. The molecule has 3 rings (SSSR count). The van der Waals surface area contributed by atoms with Crippen LogP contribution < -0.4 is 4.90 Å². The fourth-order valence-electron chi connectivity index (χ4n) is 2.87. The number of aryl methyl sites for hydroxylation is 2. The van der Waals surface area contributed by atoms with Crippen molar-refractivity contribution >= 4 is 31.5 Å². The Hall–Kier alpha value is -1.59. The van der Waals surface area contributed by atoms with Crippen LogP contribution in [-0.2, 0) is 16.4 Å². The minimum Gasteiger partial charge on any atom is -0.360 e. The van der Waals surface area contributed by atoms with Crippen molar-refractivity contribution in [3.05, 3.63) is 75.1 Å². The van der Waals surface area contributed by atoms with Gasteiger partial charge in [-0.15, -0.1) is 0 Å². The van der Waals surface area contributed by atoms with E-state index in [0.717, 1.165) is 15.7 Å². The summed E-state index contributed by atoms with van der Waals surface area (Å²) in [7, 11) is -3.10. The summed E-state index contributed by atoms with van der Waals surface area (Å²) >= 11 is 3.59. The Kier molecular flexibility index (Phi) is 4.83. The van der Waals surface area contributed by atoms with E-state index in [-0.39, 0.29) is 11.8 Å². The first-order chi connectivity index (χ1) is 11.4. The van der Waals surface area contributed by atoms with Crippen LogP contribution in [0.5, 0.6) is 0 Å². The van der Waals surface area contributed by atoms with Gasteiger partial charge in [-0.1, -0.05) is 40.2 Å². The molecule has 0 radical (unpaired) electrons. The summed E-state index contributed by atoms with van der Waals surface area (Å²) in [5.41, 5.74) is 4.61. The molecule has 0 aliphatic carbocycles. The van der Waals surface area contributed by atoms with E-state index in [1.54, 1.807) is 6.08 Å². The molecule has 0 saturated carbocycles. The molecule has 5 heteroatoms. The highest BCUT2D eigenvalue weighted by Crippen LogP contribution is 2.28. The highest BCUT2D eigenvalue weighted by Gasteiger charge is 2.28. The largest absolute Gasteiger partial charge is 0.360 e. The monoisotopic (exact) mass is 405 g/mol. The van der Waals surface area contributed by atoms with Crippen LogP contribution in [0.3, 0.4) is 0 Å². The maximum atomic E-state index is 11.9. The van der Waals surface area contributed by atoms with E-state index in [0.29, 0.717) is 6.54 Å². The van der Waals surface area contributed by atoms with E-state index < -0.39 is 9.84 Å². The molecule has 0 spiro atoms. The molecular formula is C19H20BrNO2S. The number of rotatable bonds is 4. The number of nitrogens with zero attached hydrogens (tertiary/aromatic N) is 1. The number of hydrogen-bond donors (Lipinski definition) is 0. The van der Waals surface area contributed by atoms with Crippen LogP contribution in [0.25, 0.3) is 0 Å². The van der Waals surface area contributed by atoms with Gasteiger partial charge in [-0.25, -0.2) is 8.42 Å². The summed E-state index contributed by atoms with van der Waals surface area (Å²) in [6, 6.07) is 14.2. The Balaban J connectivity index is 1.99. The van der Waals surface area contributed by atoms with Crippen molar-refractivity contribution in [1.29, 1.82) is 0 Å². The average Bonchev–Trinajstić information content (AvgIpc) is 2.89. The van der Waals surface area contributed by atoms with Crippen molar-refractivity contribution < 1.29 is 8.42 Å². The summed E-state index contributed by atoms with van der Waals surface area (Å²) in [5.74, 6) is 0.129. The normalized spacial score (nSPS) is 18.7. The third-order valence-corrected chi connectivity index (χ3v) is 6.58. The van der Waals surface area contributed by atoms with E-state index >= 15 is 0 Å². The van der Waals surface area contributed by atoms with Crippen molar-refractivity contribution in [2.75, 3.05) is 10.7 Å². The maximum Gasteiger partial charge on any atom is 0.173 e. The fourth-order valence-corrected chi connectivity index (χ4v) is 4.58. The topological polar surface area (TPSA) is 37.4 Å². The van der Waals surface area contributed by atoms with Gasteiger partial charge in [0.05, 0.1) is 11.8 Å². The minimum absolute atomic E-state index is 0.129. The molecule has 0 aromatic heterocycles. The lowest BCUT2D eigenvalue weighted by Crippen LogP contribution is -2.35. The average molecular weight is 406 g/mol. The summed E-state index contributed by atoms with van der Waals surface area (Å²) < 4.78 is 24.8. The maximum absolute atomic E-state index is 11.9. The molecule has 1 aliphatic heterocycles. The van der Waals surface area contributed by atoms with Gasteiger partial charge in [0.1, 0.15) is 0 Å². The SMILES string of the molecule is Cc1ccc(N(Cc2ccccc2Br)[C@H]2C=CS(=O)(=O)C2)cc1C. The van der Waals surface area contributed by atoms with Crippen molar-refractivity contribution in [3.8, 4) is 0 Å². The van der Waals surface area contributed by atoms with Gasteiger partial charge in [-0.05, 0) is 54.8 Å². The van der Waals surface area contributed by atoms with E-state index in [9.17, 15) is 8.42 Å². The van der Waals surface area contributed by atoms with E-state index in [1.165, 1.54) is 16.5 Å². The van der Waals surface area contributed by atoms with Gasteiger partial charge in [-0.3, -0.25) is 0 Å². The third kappa shape index (κ3) is 3.73. The molecule has 3 nitrogen and oxygen atoms in total. The van der Waals surface area contributed by atoms with Crippen LogP contribution >= 0.6 is 15.9 Å². The minimum atomic E-state index is -3.10. The van der Waals surface area contributed by atoms with Crippen molar-refractivity contribution in [2.24, 2.45) is 0 Å². The molecule has 126 valence electrons. The molecule has 24 heavy (non-hydrogen) atoms. The van der Waals surface area contributed by atoms with Crippen LogP contribution in [0.4, 0.5) is 5.69 Å². The zero-order valence-corrected chi connectivity index (χ0v) is 16.1. The molecule has 0 N–H and O–H groups in total. The summed E-state index contributed by atoms with van der Waals surface area (Å²) in [5, 5.41) is 1.34. The Morgan fingerprint density at radius 3 is 2.50 bits per heavy atom. The fraction of sp³-hybridized carbons (Fsp3) is 0.263. The number of halogens is 1. The van der Waals surface area contributed by atoms with Gasteiger partial charge < -0.3 is 4.90 Å². The van der Waals surface area contributed by atoms with Crippen LogP contribution in [0.15, 0.2) is 58.4 Å². The Bertz CT molecular complexity index is 890. The van der Waals surface area contributed by atoms with Gasteiger partial charge in [0.25, 0.3) is 0 Å². The zero-order chi connectivity index (χ0) is 17.3. The van der Waals surface area contributed by atoms with Crippen LogP contribution in [-0.4, -0.2) is 20.2 Å². The quantitative estimate of drug-likeness (QED) is 0.756. The number of anilines is 1. The highest BCUT2D eigenvalue weighted by atomic mass is 79.9. The van der Waals surface area contributed by atoms with E-state index in [4.69, 9.17) is 0 Å². The van der Waals surface area contributed by atoms with Crippen molar-refractivity contribution in [3.63, 3.8) is 0 Å². The van der Waals surface area contributed by atoms with E-state index in [2.05, 4.69) is 58.9 Å². The smallest absolute Gasteiger partial charge is 0.173 e. The molecule has 0 unspecified atom stereocenters. The summed E-state index contributed by atoms with van der Waals surface area (Å²) in [6.45, 7) is 4.81. The lowest BCUT2D eigenvalue weighted by molar-refractivity contribution is 0.601. The summed E-state index contributed by atoms with van der Waals surface area (Å²) in [6.07, 6.45) is 1.79. The molecule has 0 fully saturated rings. The molecule has 0 amide bonds. The van der Waals surface area contributed by atoms with Crippen molar-refractivity contribution in [2.45, 2.75) is 26.4 Å². The lowest BCUT2D eigenvalue weighted by Gasteiger charge is -2.30. The molecular weight excluding hydrogens is 386 g/mol. The van der Waals surface area contributed by atoms with Gasteiger partial charge in [-0.2, -0.15) is 0 Å². The van der Waals surface area contributed by atoms with Crippen LogP contribution in [0.2, 0.25) is 0 Å². The van der Waals surface area contributed by atoms with Crippen LogP contribution in [0.1, 0.15) is 16.7 Å². The molecule has 0 bridgehead atoms. The Labute approximate surface area is 152 Å². The first kappa shape index (κ1) is 17.2. The Morgan fingerprint density at radius 1 is 1.12 bits per heavy atom. The van der Waals surface area contributed by atoms with Gasteiger partial charge in [0, 0.05) is 22.1 Å². The van der Waals surface area contributed by atoms with E-state index in [1.807, 2.05) is 18.2 Å². The first-order valence-corrected chi connectivity index (χ1v) is 10.3. The van der Waals surface area contributed by atoms with Crippen molar-refractivity contribution in [1.82, 2.24) is 0 Å².